The van der Waals surface area contributed by atoms with Crippen LogP contribution in [0.4, 0.5) is 23.2 Å². The first-order valence-electron chi connectivity index (χ1n) is 13.3. The lowest BCUT2D eigenvalue weighted by atomic mass is 9.74. The lowest BCUT2D eigenvalue weighted by Gasteiger charge is -2.41. The van der Waals surface area contributed by atoms with Gasteiger partial charge in [-0.2, -0.15) is 13.2 Å². The number of carbonyl (C=O) groups is 1. The van der Waals surface area contributed by atoms with Gasteiger partial charge in [0.15, 0.2) is 0 Å². The predicted octanol–water partition coefficient (Wildman–Crippen LogP) is 5.36. The molecule has 0 saturated carbocycles. The normalized spacial score (nSPS) is 19.2. The Morgan fingerprint density at radius 2 is 1.79 bits per heavy atom. The first-order chi connectivity index (χ1) is 18.7. The first kappa shape index (κ1) is 30.4. The summed E-state index contributed by atoms with van der Waals surface area (Å²) in [6.45, 7) is 9.39. The molecular formula is C29H37F4N3O3. The summed E-state index contributed by atoms with van der Waals surface area (Å²) in [6, 6.07) is 13.0. The number of amides is 1. The van der Waals surface area contributed by atoms with Crippen molar-refractivity contribution in [1.29, 1.82) is 0 Å². The van der Waals surface area contributed by atoms with Crippen LogP contribution in [0.2, 0.25) is 0 Å². The second-order valence-electron chi connectivity index (χ2n) is 9.43. The molecule has 2 aromatic rings. The average Bonchev–Trinajstić information content (AvgIpc) is 2.91. The van der Waals surface area contributed by atoms with Gasteiger partial charge < -0.3 is 20.1 Å². The van der Waals surface area contributed by atoms with Gasteiger partial charge in [-0.1, -0.05) is 43.7 Å². The zero-order chi connectivity index (χ0) is 28.3. The van der Waals surface area contributed by atoms with Gasteiger partial charge in [0.2, 0.25) is 0 Å². The molecule has 1 heterocycles. The van der Waals surface area contributed by atoms with Crippen molar-refractivity contribution in [2.24, 2.45) is 0 Å². The Morgan fingerprint density at radius 1 is 1.10 bits per heavy atom. The molecule has 2 aromatic carbocycles. The molecule has 1 unspecified atom stereocenters. The maximum absolute atomic E-state index is 13.2. The van der Waals surface area contributed by atoms with Gasteiger partial charge in [-0.3, -0.25) is 9.69 Å². The number of rotatable bonds is 11. The van der Waals surface area contributed by atoms with E-state index in [1.54, 1.807) is 6.08 Å². The third-order valence-corrected chi connectivity index (χ3v) is 6.42. The van der Waals surface area contributed by atoms with Crippen LogP contribution in [0.25, 0.3) is 0 Å². The molecule has 1 aliphatic carbocycles. The van der Waals surface area contributed by atoms with Gasteiger partial charge in [0.25, 0.3) is 0 Å². The van der Waals surface area contributed by atoms with Crippen LogP contribution in [0.3, 0.4) is 0 Å². The predicted molar refractivity (Wildman–Crippen MR) is 143 cm³/mol. The molecule has 0 bridgehead atoms. The standard InChI is InChI=1S/C27H31F4N3O3.C2H6/c28-22-7-5-20(6-8-22)16-26(33-25(35)27(29,30)31)17-21(18-26)19-32-23-3-1-4-24(15-23)37-12-2-9-34-10-13-36-14-11-34;1-2/h1,3-8,15,17,32H,2,9-14,16,18-19H2,(H,33,35);1-2H3. The fraction of sp³-hybridized carbons (Fsp3) is 0.483. The number of ether oxygens (including phenoxy) is 2. The van der Waals surface area contributed by atoms with E-state index < -0.39 is 23.4 Å². The first-order valence-corrected chi connectivity index (χ1v) is 13.3. The van der Waals surface area contributed by atoms with Crippen molar-refractivity contribution in [2.75, 3.05) is 51.3 Å². The van der Waals surface area contributed by atoms with Crippen LogP contribution in [0.1, 0.15) is 32.3 Å². The molecular weight excluding hydrogens is 514 g/mol. The van der Waals surface area contributed by atoms with E-state index in [4.69, 9.17) is 9.47 Å². The van der Waals surface area contributed by atoms with Crippen LogP contribution < -0.4 is 15.4 Å². The van der Waals surface area contributed by atoms with Crippen molar-refractivity contribution in [1.82, 2.24) is 10.2 Å². The lowest BCUT2D eigenvalue weighted by Crippen LogP contribution is -2.57. The number of hydrogen-bond acceptors (Lipinski definition) is 5. The molecule has 4 rings (SSSR count). The maximum Gasteiger partial charge on any atom is 0.471 e. The highest BCUT2D eigenvalue weighted by Gasteiger charge is 2.46. The Balaban J connectivity index is 0.00000205. The Hall–Kier alpha value is -3.11. The molecule has 0 aromatic heterocycles. The largest absolute Gasteiger partial charge is 0.493 e. The SMILES string of the molecule is CC.O=C(NC1(Cc2ccc(F)cc2)C=C(CNc2cccc(OCCCN3CCOCC3)c2)C1)C(F)(F)F. The molecule has 1 saturated heterocycles. The summed E-state index contributed by atoms with van der Waals surface area (Å²) in [7, 11) is 0. The van der Waals surface area contributed by atoms with E-state index in [0.29, 0.717) is 18.7 Å². The number of alkyl halides is 3. The van der Waals surface area contributed by atoms with E-state index in [9.17, 15) is 22.4 Å². The number of morpholine rings is 1. The molecule has 6 nitrogen and oxygen atoms in total. The zero-order valence-electron chi connectivity index (χ0n) is 22.5. The number of benzene rings is 2. The topological polar surface area (TPSA) is 62.8 Å². The summed E-state index contributed by atoms with van der Waals surface area (Å²) in [6.07, 6.45) is -2.05. The minimum atomic E-state index is -4.99. The quantitative estimate of drug-likeness (QED) is 0.224. The van der Waals surface area contributed by atoms with Gasteiger partial charge >= 0.3 is 12.1 Å². The summed E-state index contributed by atoms with van der Waals surface area (Å²) in [5.41, 5.74) is 1.14. The van der Waals surface area contributed by atoms with Crippen LogP contribution in [0, 0.1) is 5.82 Å². The second kappa shape index (κ2) is 14.3. The van der Waals surface area contributed by atoms with Crippen molar-refractivity contribution < 1.29 is 31.8 Å². The number of carbonyl (C=O) groups excluding carboxylic acids is 1. The van der Waals surface area contributed by atoms with Crippen molar-refractivity contribution in [3.63, 3.8) is 0 Å². The monoisotopic (exact) mass is 551 g/mol. The van der Waals surface area contributed by atoms with E-state index in [1.807, 2.05) is 38.1 Å². The molecule has 1 aliphatic heterocycles. The minimum absolute atomic E-state index is 0.131. The molecule has 0 spiro atoms. The number of nitrogens with one attached hydrogen (secondary N) is 2. The molecule has 1 atom stereocenters. The van der Waals surface area contributed by atoms with Gasteiger partial charge in [0.1, 0.15) is 11.6 Å². The molecule has 39 heavy (non-hydrogen) atoms. The molecule has 2 N–H and O–H groups in total. The number of hydrogen-bond donors (Lipinski definition) is 2. The van der Waals surface area contributed by atoms with Gasteiger partial charge in [-0.15, -0.1) is 0 Å². The highest BCUT2D eigenvalue weighted by molar-refractivity contribution is 5.83. The van der Waals surface area contributed by atoms with Gasteiger partial charge in [0.05, 0.1) is 25.4 Å². The maximum atomic E-state index is 13.2. The van der Waals surface area contributed by atoms with Crippen molar-refractivity contribution in [3.05, 3.63) is 71.6 Å². The van der Waals surface area contributed by atoms with Gasteiger partial charge in [-0.25, -0.2) is 4.39 Å². The van der Waals surface area contributed by atoms with Gasteiger partial charge in [-0.05, 0) is 49.1 Å². The smallest absolute Gasteiger partial charge is 0.471 e. The second-order valence-corrected chi connectivity index (χ2v) is 9.43. The van der Waals surface area contributed by atoms with E-state index in [1.165, 1.54) is 24.3 Å². The summed E-state index contributed by atoms with van der Waals surface area (Å²) in [4.78, 5) is 14.0. The number of nitrogens with zero attached hydrogens (tertiary/aromatic N) is 1. The fourth-order valence-corrected chi connectivity index (χ4v) is 4.60. The van der Waals surface area contributed by atoms with E-state index in [0.717, 1.165) is 56.3 Å². The Kier molecular flexibility index (Phi) is 11.2. The van der Waals surface area contributed by atoms with Crippen LogP contribution >= 0.6 is 0 Å². The van der Waals surface area contributed by atoms with Crippen LogP contribution in [-0.2, 0) is 16.0 Å². The van der Waals surface area contributed by atoms with Crippen molar-refractivity contribution >= 4 is 11.6 Å². The molecule has 0 radical (unpaired) electrons. The summed E-state index contributed by atoms with van der Waals surface area (Å²) < 4.78 is 63.3. The molecule has 2 aliphatic rings. The third kappa shape index (κ3) is 9.54. The number of halogens is 4. The highest BCUT2D eigenvalue weighted by atomic mass is 19.4. The van der Waals surface area contributed by atoms with Crippen LogP contribution in [0.5, 0.6) is 5.75 Å². The summed E-state index contributed by atoms with van der Waals surface area (Å²) >= 11 is 0. The Morgan fingerprint density at radius 3 is 2.46 bits per heavy atom. The molecule has 214 valence electrons. The van der Waals surface area contributed by atoms with E-state index >= 15 is 0 Å². The molecule has 1 fully saturated rings. The van der Waals surface area contributed by atoms with Crippen LogP contribution in [-0.4, -0.2) is 68.5 Å². The van der Waals surface area contributed by atoms with E-state index in [-0.39, 0.29) is 12.8 Å². The van der Waals surface area contributed by atoms with Crippen molar-refractivity contribution in [3.8, 4) is 5.75 Å². The Bertz CT molecular complexity index is 1090. The van der Waals surface area contributed by atoms with Crippen molar-refractivity contribution in [2.45, 2.75) is 44.8 Å². The van der Waals surface area contributed by atoms with Crippen LogP contribution in [0.15, 0.2) is 60.2 Å². The third-order valence-electron chi connectivity index (χ3n) is 6.42. The summed E-state index contributed by atoms with van der Waals surface area (Å²) in [5.74, 6) is -1.69. The summed E-state index contributed by atoms with van der Waals surface area (Å²) in [5, 5.41) is 5.40. The minimum Gasteiger partial charge on any atom is -0.493 e. The van der Waals surface area contributed by atoms with E-state index in [2.05, 4.69) is 15.5 Å². The van der Waals surface area contributed by atoms with Gasteiger partial charge in [0, 0.05) is 37.9 Å². The molecule has 1 amide bonds. The number of anilines is 1. The average molecular weight is 552 g/mol. The fourth-order valence-electron chi connectivity index (χ4n) is 4.60. The lowest BCUT2D eigenvalue weighted by molar-refractivity contribution is -0.175. The zero-order valence-corrected chi connectivity index (χ0v) is 22.5. The highest BCUT2D eigenvalue weighted by Crippen LogP contribution is 2.35. The molecule has 10 heteroatoms. The Labute approximate surface area is 227 Å².